The first kappa shape index (κ1) is 21.5. The topological polar surface area (TPSA) is 81.2 Å². The number of phenols is 1. The lowest BCUT2D eigenvalue weighted by Crippen LogP contribution is -2.29. The highest BCUT2D eigenvalue weighted by molar-refractivity contribution is 5.74. The molecule has 0 atom stereocenters. The van der Waals surface area contributed by atoms with E-state index >= 15 is 0 Å². The highest BCUT2D eigenvalue weighted by atomic mass is 19.1. The number of phenolic OH excluding ortho intramolecular Hbond substituents is 1. The van der Waals surface area contributed by atoms with E-state index in [1.165, 1.54) is 16.8 Å². The minimum Gasteiger partial charge on any atom is -0.507 e. The van der Waals surface area contributed by atoms with Crippen molar-refractivity contribution in [1.82, 2.24) is 14.9 Å². The van der Waals surface area contributed by atoms with E-state index in [1.807, 2.05) is 19.9 Å². The van der Waals surface area contributed by atoms with Gasteiger partial charge in [0.1, 0.15) is 17.3 Å². The first-order valence-electron chi connectivity index (χ1n) is 10.4. The van der Waals surface area contributed by atoms with Crippen molar-refractivity contribution in [2.24, 2.45) is 0 Å². The van der Waals surface area contributed by atoms with Crippen molar-refractivity contribution >= 4 is 0 Å². The molecule has 0 aliphatic carbocycles. The minimum atomic E-state index is -0.315. The van der Waals surface area contributed by atoms with Crippen LogP contribution in [0.1, 0.15) is 33.8 Å². The van der Waals surface area contributed by atoms with Gasteiger partial charge in [-0.3, -0.25) is 4.79 Å². The van der Waals surface area contributed by atoms with Gasteiger partial charge in [0.2, 0.25) is 0 Å². The number of aromatic nitrogens is 3. The van der Waals surface area contributed by atoms with Gasteiger partial charge in [-0.25, -0.2) is 9.07 Å². The Morgan fingerprint density at radius 2 is 1.78 bits per heavy atom. The van der Waals surface area contributed by atoms with E-state index in [9.17, 15) is 14.3 Å². The van der Waals surface area contributed by atoms with Gasteiger partial charge in [0.05, 0.1) is 17.9 Å². The average Bonchev–Trinajstić information content (AvgIpc) is 3.08. The van der Waals surface area contributed by atoms with Gasteiger partial charge >= 0.3 is 0 Å². The van der Waals surface area contributed by atoms with Crippen molar-refractivity contribution in [3.05, 3.63) is 98.5 Å². The number of aromatic hydroxyl groups is 1. The highest BCUT2D eigenvalue weighted by Gasteiger charge is 2.20. The third kappa shape index (κ3) is 4.19. The predicted molar refractivity (Wildman–Crippen MR) is 119 cm³/mol. The van der Waals surface area contributed by atoms with Gasteiger partial charge in [-0.2, -0.15) is 5.10 Å². The fraction of sp³-hybridized carbons (Fsp3) is 0.240. The smallest absolute Gasteiger partial charge is 0.270 e. The van der Waals surface area contributed by atoms with Crippen LogP contribution in [-0.2, 0) is 19.4 Å². The summed E-state index contributed by atoms with van der Waals surface area (Å²) >= 11 is 0. The summed E-state index contributed by atoms with van der Waals surface area (Å²) in [5.74, 6) is 0.400. The quantitative estimate of drug-likeness (QED) is 0.484. The number of halogens is 1. The summed E-state index contributed by atoms with van der Waals surface area (Å²) in [5, 5.41) is 19.0. The molecule has 0 bridgehead atoms. The van der Waals surface area contributed by atoms with Crippen molar-refractivity contribution in [1.29, 1.82) is 0 Å². The van der Waals surface area contributed by atoms with E-state index in [0.717, 1.165) is 11.1 Å². The number of rotatable bonds is 6. The first-order valence-corrected chi connectivity index (χ1v) is 10.4. The molecular formula is C25H24FN3O3. The Balaban J connectivity index is 1.83. The minimum absolute atomic E-state index is 0.0762. The van der Waals surface area contributed by atoms with Crippen LogP contribution in [0, 0.1) is 26.6 Å². The SMILES string of the molecule is Cc1noc(C)c1Cn1nc(C)c(-c2ccccc2O)c(CCc2cccc(F)c2)c1=O. The van der Waals surface area contributed by atoms with Crippen LogP contribution >= 0.6 is 0 Å². The molecular weight excluding hydrogens is 409 g/mol. The van der Waals surface area contributed by atoms with Crippen LogP contribution < -0.4 is 5.56 Å². The molecule has 0 saturated heterocycles. The van der Waals surface area contributed by atoms with Crippen LogP contribution in [-0.4, -0.2) is 20.0 Å². The van der Waals surface area contributed by atoms with E-state index < -0.39 is 0 Å². The molecule has 1 N–H and O–H groups in total. The standard InChI is InChI=1S/C25H24FN3O3/c1-15-22(17(3)32-28-15)14-29-25(31)21(12-11-18-7-6-8-19(26)13-18)24(16(2)27-29)20-9-4-5-10-23(20)30/h4-10,13,30H,11-12,14H2,1-3H3. The second-order valence-electron chi connectivity index (χ2n) is 7.85. The highest BCUT2D eigenvalue weighted by Crippen LogP contribution is 2.32. The monoisotopic (exact) mass is 433 g/mol. The molecule has 2 heterocycles. The van der Waals surface area contributed by atoms with Gasteiger partial charge in [-0.1, -0.05) is 35.5 Å². The van der Waals surface area contributed by atoms with Crippen LogP contribution in [0.15, 0.2) is 57.8 Å². The molecule has 4 aromatic rings. The molecule has 0 spiro atoms. The molecule has 0 amide bonds. The Kier molecular flexibility index (Phi) is 5.90. The summed E-state index contributed by atoms with van der Waals surface area (Å²) in [6, 6.07) is 13.2. The molecule has 0 unspecified atom stereocenters. The Bertz CT molecular complexity index is 1320. The normalized spacial score (nSPS) is 11.1. The summed E-state index contributed by atoms with van der Waals surface area (Å²) in [5.41, 5.74) is 4.35. The Labute approximate surface area is 184 Å². The van der Waals surface area contributed by atoms with Crippen LogP contribution in [0.3, 0.4) is 0 Å². The maximum atomic E-state index is 13.7. The van der Waals surface area contributed by atoms with E-state index in [2.05, 4.69) is 10.3 Å². The molecule has 32 heavy (non-hydrogen) atoms. The molecule has 2 aromatic heterocycles. The summed E-state index contributed by atoms with van der Waals surface area (Å²) in [7, 11) is 0. The molecule has 4 rings (SSSR count). The van der Waals surface area contributed by atoms with E-state index in [0.29, 0.717) is 46.7 Å². The number of nitrogens with zero attached hydrogens (tertiary/aromatic N) is 3. The molecule has 0 fully saturated rings. The first-order chi connectivity index (χ1) is 15.3. The van der Waals surface area contributed by atoms with Gasteiger partial charge < -0.3 is 9.63 Å². The molecule has 164 valence electrons. The molecule has 7 heteroatoms. The third-order valence-corrected chi connectivity index (χ3v) is 5.64. The second-order valence-corrected chi connectivity index (χ2v) is 7.85. The maximum Gasteiger partial charge on any atom is 0.270 e. The van der Waals surface area contributed by atoms with Crippen molar-refractivity contribution in [2.45, 2.75) is 40.2 Å². The van der Waals surface area contributed by atoms with Gasteiger partial charge in [0.15, 0.2) is 0 Å². The van der Waals surface area contributed by atoms with Crippen molar-refractivity contribution < 1.29 is 14.0 Å². The predicted octanol–water partition coefficient (Wildman–Crippen LogP) is 4.50. The molecule has 2 aromatic carbocycles. The number of benzene rings is 2. The Morgan fingerprint density at radius 3 is 2.47 bits per heavy atom. The van der Waals surface area contributed by atoms with Crippen molar-refractivity contribution in [3.63, 3.8) is 0 Å². The van der Waals surface area contributed by atoms with Crippen LogP contribution in [0.2, 0.25) is 0 Å². The van der Waals surface area contributed by atoms with Gasteiger partial charge in [0.25, 0.3) is 5.56 Å². The van der Waals surface area contributed by atoms with Crippen molar-refractivity contribution in [3.8, 4) is 16.9 Å². The summed E-state index contributed by atoms with van der Waals surface area (Å²) in [6.07, 6.45) is 0.847. The van der Waals surface area contributed by atoms with E-state index in [-0.39, 0.29) is 23.7 Å². The number of hydrogen-bond acceptors (Lipinski definition) is 5. The fourth-order valence-corrected chi connectivity index (χ4v) is 3.98. The lowest BCUT2D eigenvalue weighted by molar-refractivity contribution is 0.391. The van der Waals surface area contributed by atoms with Gasteiger partial charge in [0, 0.05) is 22.3 Å². The number of aryl methyl sites for hydroxylation is 4. The fourth-order valence-electron chi connectivity index (χ4n) is 3.98. The lowest BCUT2D eigenvalue weighted by Gasteiger charge is -2.16. The molecule has 6 nitrogen and oxygen atoms in total. The molecule has 0 radical (unpaired) electrons. The van der Waals surface area contributed by atoms with E-state index in [1.54, 1.807) is 37.3 Å². The molecule has 0 saturated carbocycles. The Morgan fingerprint density at radius 1 is 1.00 bits per heavy atom. The number of hydrogen-bond donors (Lipinski definition) is 1. The zero-order valence-corrected chi connectivity index (χ0v) is 18.2. The molecule has 0 aliphatic heterocycles. The lowest BCUT2D eigenvalue weighted by atomic mass is 9.94. The second kappa shape index (κ2) is 8.78. The zero-order chi connectivity index (χ0) is 22.8. The molecule has 0 aliphatic rings. The van der Waals surface area contributed by atoms with Gasteiger partial charge in [-0.15, -0.1) is 0 Å². The van der Waals surface area contributed by atoms with Crippen LogP contribution in [0.4, 0.5) is 4.39 Å². The van der Waals surface area contributed by atoms with Gasteiger partial charge in [-0.05, 0) is 57.4 Å². The zero-order valence-electron chi connectivity index (χ0n) is 18.2. The van der Waals surface area contributed by atoms with Crippen LogP contribution in [0.25, 0.3) is 11.1 Å². The Hall–Kier alpha value is -3.74. The van der Waals surface area contributed by atoms with Crippen molar-refractivity contribution in [2.75, 3.05) is 0 Å². The summed E-state index contributed by atoms with van der Waals surface area (Å²) < 4.78 is 20.3. The summed E-state index contributed by atoms with van der Waals surface area (Å²) in [4.78, 5) is 13.6. The number of para-hydroxylation sites is 1. The maximum absolute atomic E-state index is 13.7. The van der Waals surface area contributed by atoms with E-state index in [4.69, 9.17) is 4.52 Å². The van der Waals surface area contributed by atoms with Crippen LogP contribution in [0.5, 0.6) is 5.75 Å². The largest absolute Gasteiger partial charge is 0.507 e. The third-order valence-electron chi connectivity index (χ3n) is 5.64. The summed E-state index contributed by atoms with van der Waals surface area (Å²) in [6.45, 7) is 5.67. The average molecular weight is 433 g/mol.